The van der Waals surface area contributed by atoms with Gasteiger partial charge in [0.05, 0.1) is 0 Å². The van der Waals surface area contributed by atoms with Crippen LogP contribution in [0.15, 0.2) is 35.6 Å². The fraction of sp³-hybridized carbons (Fsp3) is 0.526. The van der Waals surface area contributed by atoms with Crippen molar-refractivity contribution in [1.82, 2.24) is 25.0 Å². The lowest BCUT2D eigenvalue weighted by Crippen LogP contribution is -2.40. The molecule has 1 N–H and O–H groups in total. The predicted octanol–water partition coefficient (Wildman–Crippen LogP) is 2.71. The van der Waals surface area contributed by atoms with E-state index in [0.717, 1.165) is 36.7 Å². The maximum Gasteiger partial charge on any atom is 0.194 e. The third-order valence-corrected chi connectivity index (χ3v) is 4.11. The summed E-state index contributed by atoms with van der Waals surface area (Å²) in [5.74, 6) is 1.55. The first-order chi connectivity index (χ1) is 13.1. The second kappa shape index (κ2) is 13.4. The molecule has 0 fully saturated rings. The van der Waals surface area contributed by atoms with Crippen LogP contribution in [0.2, 0.25) is 0 Å². The number of benzene rings is 1. The van der Waals surface area contributed by atoms with E-state index in [2.05, 4.69) is 27.4 Å². The van der Waals surface area contributed by atoms with Gasteiger partial charge in [-0.05, 0) is 24.1 Å². The van der Waals surface area contributed by atoms with Crippen LogP contribution in [-0.4, -0.2) is 59.5 Å². The predicted molar refractivity (Wildman–Crippen MR) is 119 cm³/mol. The van der Waals surface area contributed by atoms with Crippen molar-refractivity contribution in [3.8, 4) is 0 Å². The highest BCUT2D eigenvalue weighted by Crippen LogP contribution is 2.06. The van der Waals surface area contributed by atoms with Crippen LogP contribution in [0.1, 0.15) is 24.7 Å². The lowest BCUT2D eigenvalue weighted by molar-refractivity contribution is 0.197. The van der Waals surface area contributed by atoms with E-state index in [9.17, 15) is 4.39 Å². The van der Waals surface area contributed by atoms with Gasteiger partial charge in [0.25, 0.3) is 0 Å². The van der Waals surface area contributed by atoms with Gasteiger partial charge in [-0.3, -0.25) is 4.99 Å². The minimum absolute atomic E-state index is 0. The number of nitrogens with zero attached hydrogens (tertiary/aromatic N) is 5. The van der Waals surface area contributed by atoms with Crippen LogP contribution in [0.25, 0.3) is 0 Å². The van der Waals surface area contributed by atoms with Gasteiger partial charge in [0.1, 0.15) is 18.0 Å². The Morgan fingerprint density at radius 1 is 1.32 bits per heavy atom. The average Bonchev–Trinajstić information content (AvgIpc) is 3.13. The summed E-state index contributed by atoms with van der Waals surface area (Å²) in [6.07, 6.45) is 3.46. The number of nitrogens with one attached hydrogen (secondary N) is 1. The van der Waals surface area contributed by atoms with Gasteiger partial charge in [0.2, 0.25) is 0 Å². The van der Waals surface area contributed by atoms with E-state index < -0.39 is 0 Å². The molecule has 9 heteroatoms. The molecule has 0 amide bonds. The Labute approximate surface area is 183 Å². The Bertz CT molecular complexity index is 707. The molecule has 156 valence electrons. The SMILES string of the molecule is CCc1nncn1CCNC(=NCCCOC)N(C)Cc1ccc(F)cc1.I. The number of methoxy groups -OCH3 is 1. The molecule has 0 bridgehead atoms. The molecule has 0 saturated heterocycles. The van der Waals surface area contributed by atoms with Crippen LogP contribution >= 0.6 is 24.0 Å². The first-order valence-electron chi connectivity index (χ1n) is 9.23. The number of hydrogen-bond acceptors (Lipinski definition) is 4. The Balaban J connectivity index is 0.00000392. The van der Waals surface area contributed by atoms with Crippen LogP contribution in [0.3, 0.4) is 0 Å². The number of aliphatic imine (C=N–C) groups is 1. The van der Waals surface area contributed by atoms with E-state index in [0.29, 0.717) is 26.2 Å². The summed E-state index contributed by atoms with van der Waals surface area (Å²) >= 11 is 0. The molecule has 0 atom stereocenters. The van der Waals surface area contributed by atoms with Gasteiger partial charge >= 0.3 is 0 Å². The Morgan fingerprint density at radius 2 is 2.07 bits per heavy atom. The summed E-state index contributed by atoms with van der Waals surface area (Å²) in [5.41, 5.74) is 1.03. The number of aromatic nitrogens is 3. The van der Waals surface area contributed by atoms with Crippen LogP contribution in [-0.2, 0) is 24.2 Å². The molecule has 0 spiro atoms. The molecule has 1 heterocycles. The fourth-order valence-corrected chi connectivity index (χ4v) is 2.67. The molecular formula is C19H30FIN6O. The number of aryl methyl sites for hydroxylation is 1. The van der Waals surface area contributed by atoms with Gasteiger partial charge in [0, 0.05) is 53.4 Å². The minimum Gasteiger partial charge on any atom is -0.385 e. The van der Waals surface area contributed by atoms with Crippen molar-refractivity contribution in [3.63, 3.8) is 0 Å². The van der Waals surface area contributed by atoms with Crippen molar-refractivity contribution in [1.29, 1.82) is 0 Å². The maximum atomic E-state index is 13.1. The Hall–Kier alpha value is -1.75. The fourth-order valence-electron chi connectivity index (χ4n) is 2.67. The first-order valence-corrected chi connectivity index (χ1v) is 9.23. The van der Waals surface area contributed by atoms with Crippen LogP contribution in [0.5, 0.6) is 0 Å². The number of halogens is 2. The van der Waals surface area contributed by atoms with Gasteiger partial charge in [-0.1, -0.05) is 19.1 Å². The Kier molecular flexibility index (Phi) is 11.7. The average molecular weight is 504 g/mol. The third kappa shape index (κ3) is 8.09. The van der Waals surface area contributed by atoms with E-state index in [-0.39, 0.29) is 29.8 Å². The summed E-state index contributed by atoms with van der Waals surface area (Å²) in [6.45, 7) is 5.53. The molecule has 1 aromatic carbocycles. The molecule has 28 heavy (non-hydrogen) atoms. The van der Waals surface area contributed by atoms with Crippen LogP contribution in [0, 0.1) is 5.82 Å². The Morgan fingerprint density at radius 3 is 2.75 bits per heavy atom. The topological polar surface area (TPSA) is 67.6 Å². The molecular weight excluding hydrogens is 474 g/mol. The number of hydrogen-bond donors (Lipinski definition) is 1. The molecule has 2 rings (SSSR count). The van der Waals surface area contributed by atoms with Crippen molar-refractivity contribution in [3.05, 3.63) is 47.8 Å². The summed E-state index contributed by atoms with van der Waals surface area (Å²) < 4.78 is 20.2. The highest BCUT2D eigenvalue weighted by Gasteiger charge is 2.08. The van der Waals surface area contributed by atoms with Gasteiger partial charge in [-0.25, -0.2) is 4.39 Å². The second-order valence-electron chi connectivity index (χ2n) is 6.26. The highest BCUT2D eigenvalue weighted by molar-refractivity contribution is 14.0. The monoisotopic (exact) mass is 504 g/mol. The van der Waals surface area contributed by atoms with E-state index in [1.807, 2.05) is 16.5 Å². The van der Waals surface area contributed by atoms with E-state index in [4.69, 9.17) is 4.74 Å². The molecule has 0 aliphatic carbocycles. The van der Waals surface area contributed by atoms with E-state index in [1.54, 1.807) is 25.6 Å². The molecule has 7 nitrogen and oxygen atoms in total. The van der Waals surface area contributed by atoms with Crippen molar-refractivity contribution in [2.75, 3.05) is 33.9 Å². The van der Waals surface area contributed by atoms with E-state index >= 15 is 0 Å². The van der Waals surface area contributed by atoms with Crippen molar-refractivity contribution in [2.45, 2.75) is 32.9 Å². The number of rotatable bonds is 10. The molecule has 0 aliphatic rings. The van der Waals surface area contributed by atoms with E-state index in [1.165, 1.54) is 12.1 Å². The quantitative estimate of drug-likeness (QED) is 0.233. The van der Waals surface area contributed by atoms with Gasteiger partial charge < -0.3 is 19.5 Å². The van der Waals surface area contributed by atoms with Crippen molar-refractivity contribution in [2.24, 2.45) is 4.99 Å². The van der Waals surface area contributed by atoms with Crippen LogP contribution < -0.4 is 5.32 Å². The zero-order valence-electron chi connectivity index (χ0n) is 16.8. The number of ether oxygens (including phenoxy) is 1. The zero-order chi connectivity index (χ0) is 19.5. The third-order valence-electron chi connectivity index (χ3n) is 4.11. The number of guanidine groups is 1. The molecule has 0 aliphatic heterocycles. The molecule has 0 saturated carbocycles. The van der Waals surface area contributed by atoms with Crippen molar-refractivity contribution >= 4 is 29.9 Å². The molecule has 0 unspecified atom stereocenters. The van der Waals surface area contributed by atoms with Gasteiger partial charge in [-0.15, -0.1) is 34.2 Å². The molecule has 1 aromatic heterocycles. The lowest BCUT2D eigenvalue weighted by atomic mass is 10.2. The molecule has 2 aromatic rings. The first kappa shape index (κ1) is 24.3. The lowest BCUT2D eigenvalue weighted by Gasteiger charge is -2.23. The smallest absolute Gasteiger partial charge is 0.194 e. The summed E-state index contributed by atoms with van der Waals surface area (Å²) in [4.78, 5) is 6.71. The normalized spacial score (nSPS) is 11.2. The minimum atomic E-state index is -0.228. The summed E-state index contributed by atoms with van der Waals surface area (Å²) in [5, 5.41) is 11.5. The van der Waals surface area contributed by atoms with Crippen LogP contribution in [0.4, 0.5) is 4.39 Å². The second-order valence-corrected chi connectivity index (χ2v) is 6.26. The van der Waals surface area contributed by atoms with Gasteiger partial charge in [-0.2, -0.15) is 0 Å². The largest absolute Gasteiger partial charge is 0.385 e. The zero-order valence-corrected chi connectivity index (χ0v) is 19.1. The standard InChI is InChI=1S/C19H29FN6O.HI/c1-4-18-24-23-15-26(18)12-11-22-19(21-10-5-13-27-3)25(2)14-16-6-8-17(20)9-7-16;/h6-9,15H,4-5,10-14H2,1-3H3,(H,21,22);1H. The van der Waals surface area contributed by atoms with Crippen molar-refractivity contribution < 1.29 is 9.13 Å². The van der Waals surface area contributed by atoms with Gasteiger partial charge in [0.15, 0.2) is 5.96 Å². The molecule has 0 radical (unpaired) electrons. The highest BCUT2D eigenvalue weighted by atomic mass is 127. The summed E-state index contributed by atoms with van der Waals surface area (Å²) in [7, 11) is 3.66. The summed E-state index contributed by atoms with van der Waals surface area (Å²) in [6, 6.07) is 6.53. The maximum absolute atomic E-state index is 13.1.